The number of anilines is 2. The number of thioether (sulfide) groups is 1. The Morgan fingerprint density at radius 3 is 2.76 bits per heavy atom. The number of ether oxygens (including phenoxy) is 1. The van der Waals surface area contributed by atoms with E-state index in [1.165, 1.54) is 17.8 Å². The number of hydrogen-bond acceptors (Lipinski definition) is 4. The van der Waals surface area contributed by atoms with Gasteiger partial charge in [0.15, 0.2) is 0 Å². The van der Waals surface area contributed by atoms with Gasteiger partial charge in [0.05, 0.1) is 13.2 Å². The van der Waals surface area contributed by atoms with Crippen molar-refractivity contribution in [1.82, 2.24) is 0 Å². The number of morpholine rings is 1. The molecule has 1 heterocycles. The van der Waals surface area contributed by atoms with Crippen molar-refractivity contribution in [3.8, 4) is 0 Å². The highest BCUT2D eigenvalue weighted by Crippen LogP contribution is 2.23. The number of nitrogens with one attached hydrogen (secondary N) is 1. The standard InChI is InChI=1S/C19H21FN2O2S/c20-17-6-1-2-7-18(17)25-13-8-19(23)21-15-4-3-5-16(14-15)22-9-11-24-12-10-22/h1-7,14H,8-13H2,(H,21,23). The second kappa shape index (κ2) is 8.87. The Bertz CT molecular complexity index is 720. The van der Waals surface area contributed by atoms with Gasteiger partial charge in [-0.3, -0.25) is 4.79 Å². The van der Waals surface area contributed by atoms with Crippen molar-refractivity contribution in [2.24, 2.45) is 0 Å². The third kappa shape index (κ3) is 5.21. The van der Waals surface area contributed by atoms with Crippen molar-refractivity contribution in [2.45, 2.75) is 11.3 Å². The van der Waals surface area contributed by atoms with Crippen molar-refractivity contribution in [3.05, 3.63) is 54.3 Å². The van der Waals surface area contributed by atoms with Crippen molar-refractivity contribution in [1.29, 1.82) is 0 Å². The third-order valence-electron chi connectivity index (χ3n) is 3.93. The number of amides is 1. The zero-order chi connectivity index (χ0) is 17.5. The van der Waals surface area contributed by atoms with Crippen LogP contribution in [0.1, 0.15) is 6.42 Å². The molecule has 3 rings (SSSR count). The minimum Gasteiger partial charge on any atom is -0.378 e. The molecule has 132 valence electrons. The summed E-state index contributed by atoms with van der Waals surface area (Å²) < 4.78 is 18.9. The molecule has 0 aromatic heterocycles. The topological polar surface area (TPSA) is 41.6 Å². The van der Waals surface area contributed by atoms with Gasteiger partial charge >= 0.3 is 0 Å². The van der Waals surface area contributed by atoms with Crippen molar-refractivity contribution >= 4 is 29.0 Å². The molecular weight excluding hydrogens is 339 g/mol. The molecule has 1 N–H and O–H groups in total. The summed E-state index contributed by atoms with van der Waals surface area (Å²) in [6, 6.07) is 14.4. The molecule has 4 nitrogen and oxygen atoms in total. The fourth-order valence-corrected chi connectivity index (χ4v) is 3.53. The summed E-state index contributed by atoms with van der Waals surface area (Å²) in [7, 11) is 0. The van der Waals surface area contributed by atoms with Crippen LogP contribution in [0.3, 0.4) is 0 Å². The number of hydrogen-bond donors (Lipinski definition) is 1. The highest BCUT2D eigenvalue weighted by atomic mass is 32.2. The zero-order valence-corrected chi connectivity index (χ0v) is 14.7. The van der Waals surface area contributed by atoms with Crippen molar-refractivity contribution in [2.75, 3.05) is 42.3 Å². The van der Waals surface area contributed by atoms with Gasteiger partial charge in [0.25, 0.3) is 0 Å². The summed E-state index contributed by atoms with van der Waals surface area (Å²) in [6.45, 7) is 3.17. The first-order chi connectivity index (χ1) is 12.2. The number of carbonyl (C=O) groups excluding carboxylic acids is 1. The molecule has 2 aromatic rings. The van der Waals surface area contributed by atoms with E-state index in [9.17, 15) is 9.18 Å². The second-order valence-corrected chi connectivity index (χ2v) is 6.86. The largest absolute Gasteiger partial charge is 0.378 e. The molecule has 0 bridgehead atoms. The van der Waals surface area contributed by atoms with Gasteiger partial charge in [-0.25, -0.2) is 4.39 Å². The summed E-state index contributed by atoms with van der Waals surface area (Å²) in [5.74, 6) is 0.227. The van der Waals surface area contributed by atoms with Crippen LogP contribution < -0.4 is 10.2 Å². The Morgan fingerprint density at radius 2 is 1.96 bits per heavy atom. The number of nitrogens with zero attached hydrogens (tertiary/aromatic N) is 1. The van der Waals surface area contributed by atoms with Gasteiger partial charge in [0.2, 0.25) is 5.91 Å². The summed E-state index contributed by atoms with van der Waals surface area (Å²) in [5, 5.41) is 2.92. The lowest BCUT2D eigenvalue weighted by atomic mass is 10.2. The first-order valence-electron chi connectivity index (χ1n) is 8.32. The summed E-state index contributed by atoms with van der Waals surface area (Å²) in [4.78, 5) is 14.9. The predicted octanol–water partition coefficient (Wildman–Crippen LogP) is 3.78. The van der Waals surface area contributed by atoms with E-state index in [1.54, 1.807) is 18.2 Å². The van der Waals surface area contributed by atoms with E-state index < -0.39 is 0 Å². The molecular formula is C19H21FN2O2S. The fourth-order valence-electron chi connectivity index (χ4n) is 2.64. The third-order valence-corrected chi connectivity index (χ3v) is 4.98. The molecule has 0 atom stereocenters. The lowest BCUT2D eigenvalue weighted by Crippen LogP contribution is -2.36. The summed E-state index contributed by atoms with van der Waals surface area (Å²) in [5.41, 5.74) is 1.87. The Hall–Kier alpha value is -2.05. The number of carbonyl (C=O) groups is 1. The Morgan fingerprint density at radius 1 is 1.16 bits per heavy atom. The second-order valence-electron chi connectivity index (χ2n) is 5.73. The summed E-state index contributed by atoms with van der Waals surface area (Å²) in [6.07, 6.45) is 0.334. The van der Waals surface area contributed by atoms with E-state index in [2.05, 4.69) is 10.2 Å². The van der Waals surface area contributed by atoms with Gasteiger partial charge in [-0.2, -0.15) is 0 Å². The van der Waals surface area contributed by atoms with E-state index in [4.69, 9.17) is 4.74 Å². The SMILES string of the molecule is O=C(CCSc1ccccc1F)Nc1cccc(N2CCOCC2)c1. The van der Waals surface area contributed by atoms with Gasteiger partial charge in [0.1, 0.15) is 5.82 Å². The van der Waals surface area contributed by atoms with E-state index in [-0.39, 0.29) is 11.7 Å². The minimum atomic E-state index is -0.244. The monoisotopic (exact) mass is 360 g/mol. The maximum absolute atomic E-state index is 13.5. The molecule has 1 saturated heterocycles. The van der Waals surface area contributed by atoms with Crippen LogP contribution in [0.15, 0.2) is 53.4 Å². The number of halogens is 1. The molecule has 25 heavy (non-hydrogen) atoms. The van der Waals surface area contributed by atoms with Crippen molar-refractivity contribution < 1.29 is 13.9 Å². The maximum Gasteiger partial charge on any atom is 0.225 e. The zero-order valence-electron chi connectivity index (χ0n) is 13.9. The summed E-state index contributed by atoms with van der Waals surface area (Å²) >= 11 is 1.35. The van der Waals surface area contributed by atoms with Gasteiger partial charge in [-0.1, -0.05) is 18.2 Å². The van der Waals surface area contributed by atoms with Crippen LogP contribution in [0.2, 0.25) is 0 Å². The number of rotatable bonds is 6. The first-order valence-corrected chi connectivity index (χ1v) is 9.31. The van der Waals surface area contributed by atoms with Gasteiger partial charge in [0, 0.05) is 41.5 Å². The van der Waals surface area contributed by atoms with Crippen LogP contribution in [0, 0.1) is 5.82 Å². The van der Waals surface area contributed by atoms with Crippen LogP contribution in [0.4, 0.5) is 15.8 Å². The molecule has 1 aliphatic rings. The highest BCUT2D eigenvalue weighted by Gasteiger charge is 2.12. The molecule has 0 aliphatic carbocycles. The van der Waals surface area contributed by atoms with Crippen LogP contribution in [-0.4, -0.2) is 38.0 Å². The molecule has 0 radical (unpaired) electrons. The van der Waals surface area contributed by atoms with E-state index in [0.717, 1.165) is 37.7 Å². The molecule has 0 saturated carbocycles. The van der Waals surface area contributed by atoms with Gasteiger partial charge in [-0.15, -0.1) is 11.8 Å². The average Bonchev–Trinajstić information content (AvgIpc) is 2.64. The molecule has 1 amide bonds. The fraction of sp³-hybridized carbons (Fsp3) is 0.316. The molecule has 6 heteroatoms. The maximum atomic E-state index is 13.5. The minimum absolute atomic E-state index is 0.0667. The number of benzene rings is 2. The molecule has 2 aromatic carbocycles. The van der Waals surface area contributed by atoms with Crippen LogP contribution in [0.5, 0.6) is 0 Å². The Kier molecular flexibility index (Phi) is 6.30. The van der Waals surface area contributed by atoms with Crippen LogP contribution in [0.25, 0.3) is 0 Å². The Labute approximate surface area is 151 Å². The quantitative estimate of drug-likeness (QED) is 0.796. The molecule has 1 aliphatic heterocycles. The lowest BCUT2D eigenvalue weighted by Gasteiger charge is -2.29. The normalized spacial score (nSPS) is 14.4. The predicted molar refractivity (Wildman–Crippen MR) is 99.8 cm³/mol. The van der Waals surface area contributed by atoms with E-state index in [1.807, 2.05) is 24.3 Å². The van der Waals surface area contributed by atoms with E-state index >= 15 is 0 Å². The van der Waals surface area contributed by atoms with Gasteiger partial charge in [-0.05, 0) is 30.3 Å². The molecule has 1 fully saturated rings. The van der Waals surface area contributed by atoms with Crippen LogP contribution >= 0.6 is 11.8 Å². The molecule has 0 spiro atoms. The van der Waals surface area contributed by atoms with Crippen LogP contribution in [-0.2, 0) is 9.53 Å². The first kappa shape index (κ1) is 17.8. The Balaban J connectivity index is 1.50. The molecule has 0 unspecified atom stereocenters. The smallest absolute Gasteiger partial charge is 0.225 e. The van der Waals surface area contributed by atoms with E-state index in [0.29, 0.717) is 17.1 Å². The lowest BCUT2D eigenvalue weighted by molar-refractivity contribution is -0.115. The average molecular weight is 360 g/mol. The van der Waals surface area contributed by atoms with Gasteiger partial charge < -0.3 is 15.0 Å². The highest BCUT2D eigenvalue weighted by molar-refractivity contribution is 7.99. The van der Waals surface area contributed by atoms with Crippen molar-refractivity contribution in [3.63, 3.8) is 0 Å².